The van der Waals surface area contributed by atoms with Crippen molar-refractivity contribution in [3.05, 3.63) is 24.3 Å². The molecule has 0 heterocycles. The lowest BCUT2D eigenvalue weighted by atomic mass is 9.86. The molecule has 1 fully saturated rings. The van der Waals surface area contributed by atoms with Crippen LogP contribution >= 0.6 is 0 Å². The van der Waals surface area contributed by atoms with Crippen LogP contribution in [0.15, 0.2) is 24.3 Å². The van der Waals surface area contributed by atoms with E-state index in [2.05, 4.69) is 44.3 Å². The maximum absolute atomic E-state index is 5.78. The number of hydrogen-bond acceptors (Lipinski definition) is 2. The van der Waals surface area contributed by atoms with Crippen molar-refractivity contribution in [1.82, 2.24) is 0 Å². The first-order chi connectivity index (χ1) is 9.15. The molecule has 2 atom stereocenters. The monoisotopic (exact) mass is 261 g/mol. The summed E-state index contributed by atoms with van der Waals surface area (Å²) in [5.41, 5.74) is 1.19. The van der Waals surface area contributed by atoms with Crippen LogP contribution in [-0.4, -0.2) is 12.6 Å². The molecule has 2 nitrogen and oxygen atoms in total. The number of ether oxygens (including phenoxy) is 1. The van der Waals surface area contributed by atoms with E-state index in [0.29, 0.717) is 12.0 Å². The van der Waals surface area contributed by atoms with Gasteiger partial charge in [-0.25, -0.2) is 0 Å². The summed E-state index contributed by atoms with van der Waals surface area (Å²) in [4.78, 5) is 0. The molecule has 0 amide bonds. The second-order valence-corrected chi connectivity index (χ2v) is 6.25. The van der Waals surface area contributed by atoms with E-state index in [1.54, 1.807) is 0 Å². The van der Waals surface area contributed by atoms with Gasteiger partial charge in [0.1, 0.15) is 5.75 Å². The van der Waals surface area contributed by atoms with E-state index in [4.69, 9.17) is 4.74 Å². The minimum atomic E-state index is 0.565. The highest BCUT2D eigenvalue weighted by Gasteiger charge is 2.20. The summed E-state index contributed by atoms with van der Waals surface area (Å²) in [7, 11) is 0. The molecule has 1 aliphatic carbocycles. The van der Waals surface area contributed by atoms with Crippen LogP contribution in [0.2, 0.25) is 0 Å². The SMILES string of the molecule is CC(C)COc1cccc(NC2CCCCC2C)c1. The van der Waals surface area contributed by atoms with E-state index in [1.165, 1.54) is 31.4 Å². The van der Waals surface area contributed by atoms with Gasteiger partial charge in [0, 0.05) is 17.8 Å². The van der Waals surface area contributed by atoms with Gasteiger partial charge in [0.2, 0.25) is 0 Å². The summed E-state index contributed by atoms with van der Waals surface area (Å²) in [6, 6.07) is 9.01. The minimum absolute atomic E-state index is 0.565. The Bertz CT molecular complexity index is 389. The van der Waals surface area contributed by atoms with Crippen molar-refractivity contribution in [3.8, 4) is 5.75 Å². The summed E-state index contributed by atoms with van der Waals surface area (Å²) < 4.78 is 5.78. The zero-order valence-corrected chi connectivity index (χ0v) is 12.5. The van der Waals surface area contributed by atoms with E-state index < -0.39 is 0 Å². The minimum Gasteiger partial charge on any atom is -0.493 e. The first-order valence-electron chi connectivity index (χ1n) is 7.64. The lowest BCUT2D eigenvalue weighted by Gasteiger charge is -2.30. The first kappa shape index (κ1) is 14.2. The summed E-state index contributed by atoms with van der Waals surface area (Å²) in [5.74, 6) is 2.31. The molecule has 2 rings (SSSR count). The lowest BCUT2D eigenvalue weighted by Crippen LogP contribution is -2.30. The van der Waals surface area contributed by atoms with Crippen LogP contribution in [0.1, 0.15) is 46.5 Å². The smallest absolute Gasteiger partial charge is 0.121 e. The van der Waals surface area contributed by atoms with Gasteiger partial charge in [-0.2, -0.15) is 0 Å². The van der Waals surface area contributed by atoms with Crippen molar-refractivity contribution in [1.29, 1.82) is 0 Å². The van der Waals surface area contributed by atoms with Crippen LogP contribution in [0.5, 0.6) is 5.75 Å². The van der Waals surface area contributed by atoms with Crippen LogP contribution in [-0.2, 0) is 0 Å². The Morgan fingerprint density at radius 1 is 1.26 bits per heavy atom. The quantitative estimate of drug-likeness (QED) is 0.828. The topological polar surface area (TPSA) is 21.3 Å². The summed E-state index contributed by atoms with van der Waals surface area (Å²) in [6.45, 7) is 7.48. The van der Waals surface area contributed by atoms with Crippen molar-refractivity contribution >= 4 is 5.69 Å². The van der Waals surface area contributed by atoms with Gasteiger partial charge >= 0.3 is 0 Å². The molecule has 1 aliphatic rings. The van der Waals surface area contributed by atoms with Crippen LogP contribution < -0.4 is 10.1 Å². The van der Waals surface area contributed by atoms with E-state index in [9.17, 15) is 0 Å². The van der Waals surface area contributed by atoms with Crippen molar-refractivity contribution in [3.63, 3.8) is 0 Å². The number of anilines is 1. The third kappa shape index (κ3) is 4.45. The average molecular weight is 261 g/mol. The third-order valence-corrected chi connectivity index (χ3v) is 3.88. The van der Waals surface area contributed by atoms with Gasteiger partial charge in [0.15, 0.2) is 0 Å². The van der Waals surface area contributed by atoms with Crippen molar-refractivity contribution in [2.75, 3.05) is 11.9 Å². The third-order valence-electron chi connectivity index (χ3n) is 3.88. The largest absolute Gasteiger partial charge is 0.493 e. The Hall–Kier alpha value is -1.18. The second-order valence-electron chi connectivity index (χ2n) is 6.25. The molecular formula is C17H27NO. The molecule has 2 unspecified atom stereocenters. The van der Waals surface area contributed by atoms with Crippen molar-refractivity contribution < 1.29 is 4.74 Å². The highest BCUT2D eigenvalue weighted by Crippen LogP contribution is 2.28. The zero-order chi connectivity index (χ0) is 13.7. The molecule has 0 aromatic heterocycles. The van der Waals surface area contributed by atoms with E-state index in [0.717, 1.165) is 18.3 Å². The van der Waals surface area contributed by atoms with Gasteiger partial charge in [0.25, 0.3) is 0 Å². The fourth-order valence-electron chi connectivity index (χ4n) is 2.68. The number of hydrogen-bond donors (Lipinski definition) is 1. The molecule has 1 aromatic rings. The van der Waals surface area contributed by atoms with Gasteiger partial charge < -0.3 is 10.1 Å². The van der Waals surface area contributed by atoms with Crippen LogP contribution in [0.4, 0.5) is 5.69 Å². The Kier molecular flexibility index (Phi) is 5.12. The predicted octanol–water partition coefficient (Wildman–Crippen LogP) is 4.71. The molecular weight excluding hydrogens is 234 g/mol. The second kappa shape index (κ2) is 6.83. The number of nitrogens with one attached hydrogen (secondary N) is 1. The number of rotatable bonds is 5. The lowest BCUT2D eigenvalue weighted by molar-refractivity contribution is 0.271. The first-order valence-corrected chi connectivity index (χ1v) is 7.64. The summed E-state index contributed by atoms with van der Waals surface area (Å²) in [6.07, 6.45) is 5.38. The van der Waals surface area contributed by atoms with Crippen LogP contribution in [0.25, 0.3) is 0 Å². The Morgan fingerprint density at radius 2 is 2.05 bits per heavy atom. The zero-order valence-electron chi connectivity index (χ0n) is 12.5. The molecule has 1 N–H and O–H groups in total. The molecule has 19 heavy (non-hydrogen) atoms. The molecule has 0 aliphatic heterocycles. The fraction of sp³-hybridized carbons (Fsp3) is 0.647. The molecule has 1 aromatic carbocycles. The standard InChI is InChI=1S/C17H27NO/c1-13(2)12-19-16-9-6-8-15(11-16)18-17-10-5-4-7-14(17)3/h6,8-9,11,13-14,17-18H,4-5,7,10,12H2,1-3H3. The van der Waals surface area contributed by atoms with Crippen LogP contribution in [0, 0.1) is 11.8 Å². The van der Waals surface area contributed by atoms with Gasteiger partial charge in [-0.15, -0.1) is 0 Å². The Balaban J connectivity index is 1.94. The average Bonchev–Trinajstić information content (AvgIpc) is 2.40. The summed E-state index contributed by atoms with van der Waals surface area (Å²) in [5, 5.41) is 3.68. The van der Waals surface area contributed by atoms with Crippen LogP contribution in [0.3, 0.4) is 0 Å². The van der Waals surface area contributed by atoms with Gasteiger partial charge in [-0.1, -0.05) is 39.7 Å². The van der Waals surface area contributed by atoms with Gasteiger partial charge in [-0.3, -0.25) is 0 Å². The van der Waals surface area contributed by atoms with E-state index >= 15 is 0 Å². The molecule has 0 spiro atoms. The molecule has 1 saturated carbocycles. The highest BCUT2D eigenvalue weighted by atomic mass is 16.5. The fourth-order valence-corrected chi connectivity index (χ4v) is 2.68. The number of benzene rings is 1. The summed E-state index contributed by atoms with van der Waals surface area (Å²) >= 11 is 0. The van der Waals surface area contributed by atoms with E-state index in [-0.39, 0.29) is 0 Å². The van der Waals surface area contributed by atoms with E-state index in [1.807, 2.05) is 6.07 Å². The maximum atomic E-state index is 5.78. The Morgan fingerprint density at radius 3 is 2.79 bits per heavy atom. The Labute approximate surface area is 117 Å². The van der Waals surface area contributed by atoms with Crippen molar-refractivity contribution in [2.24, 2.45) is 11.8 Å². The molecule has 2 heteroatoms. The predicted molar refractivity (Wildman–Crippen MR) is 81.8 cm³/mol. The molecule has 0 radical (unpaired) electrons. The normalized spacial score (nSPS) is 23.4. The van der Waals surface area contributed by atoms with Gasteiger partial charge in [0.05, 0.1) is 6.61 Å². The molecule has 106 valence electrons. The maximum Gasteiger partial charge on any atom is 0.121 e. The van der Waals surface area contributed by atoms with Crippen molar-refractivity contribution in [2.45, 2.75) is 52.5 Å². The highest BCUT2D eigenvalue weighted by molar-refractivity contribution is 5.49. The molecule has 0 bridgehead atoms. The van der Waals surface area contributed by atoms with Gasteiger partial charge in [-0.05, 0) is 36.8 Å². The molecule has 0 saturated heterocycles.